The maximum atomic E-state index is 10.4. The molecule has 21 heavy (non-hydrogen) atoms. The second-order valence-electron chi connectivity index (χ2n) is 5.35. The van der Waals surface area contributed by atoms with Crippen molar-refractivity contribution in [3.8, 4) is 0 Å². The Hall–Kier alpha value is -1.90. The van der Waals surface area contributed by atoms with Crippen molar-refractivity contribution < 1.29 is 5.11 Å². The molecule has 0 aliphatic rings. The van der Waals surface area contributed by atoms with Crippen molar-refractivity contribution in [1.29, 1.82) is 0 Å². The van der Waals surface area contributed by atoms with E-state index in [1.165, 1.54) is 5.56 Å². The Kier molecular flexibility index (Phi) is 5.73. The quantitative estimate of drug-likeness (QED) is 0.871. The third-order valence-electron chi connectivity index (χ3n) is 3.80. The fraction of sp³-hybridized carbons (Fsp3) is 0.263. The van der Waals surface area contributed by atoms with Gasteiger partial charge in [0.2, 0.25) is 0 Å². The van der Waals surface area contributed by atoms with Crippen LogP contribution in [0.2, 0.25) is 0 Å². The van der Waals surface area contributed by atoms with E-state index in [2.05, 4.69) is 29.2 Å². The van der Waals surface area contributed by atoms with Gasteiger partial charge in [-0.3, -0.25) is 4.90 Å². The Morgan fingerprint density at radius 2 is 1.57 bits per heavy atom. The van der Waals surface area contributed by atoms with E-state index in [1.54, 1.807) is 0 Å². The molecule has 2 unspecified atom stereocenters. The minimum Gasteiger partial charge on any atom is -0.387 e. The minimum absolute atomic E-state index is 0.0628. The predicted molar refractivity (Wildman–Crippen MR) is 89.0 cm³/mol. The zero-order valence-corrected chi connectivity index (χ0v) is 12.7. The minimum atomic E-state index is -0.471. The second-order valence-corrected chi connectivity index (χ2v) is 5.35. The molecular formula is C19H23NO. The summed E-state index contributed by atoms with van der Waals surface area (Å²) < 4.78 is 0. The standard InChI is InChI=1S/C19H23NO/c1-16(19(21)18-13-7-4-8-14-18)20(2)15-9-12-17-10-5-3-6-11-17/h3-14,16,19,21H,15H2,1-2H3. The summed E-state index contributed by atoms with van der Waals surface area (Å²) >= 11 is 0. The second kappa shape index (κ2) is 7.77. The number of likely N-dealkylation sites (N-methyl/N-ethyl adjacent to an activating group) is 1. The van der Waals surface area contributed by atoms with Crippen molar-refractivity contribution in [3.63, 3.8) is 0 Å². The van der Waals surface area contributed by atoms with Crippen LogP contribution < -0.4 is 0 Å². The maximum Gasteiger partial charge on any atom is 0.0942 e. The Morgan fingerprint density at radius 1 is 1.00 bits per heavy atom. The third kappa shape index (κ3) is 4.55. The molecule has 0 aromatic heterocycles. The zero-order valence-electron chi connectivity index (χ0n) is 12.7. The van der Waals surface area contributed by atoms with Gasteiger partial charge in [-0.05, 0) is 25.1 Å². The average Bonchev–Trinajstić information content (AvgIpc) is 2.55. The maximum absolute atomic E-state index is 10.4. The Morgan fingerprint density at radius 3 is 2.19 bits per heavy atom. The molecule has 0 fully saturated rings. The lowest BCUT2D eigenvalue weighted by Gasteiger charge is -2.28. The molecule has 2 heteroatoms. The molecule has 0 spiro atoms. The molecule has 0 aliphatic heterocycles. The van der Waals surface area contributed by atoms with Gasteiger partial charge in [0.1, 0.15) is 0 Å². The fourth-order valence-corrected chi connectivity index (χ4v) is 2.26. The van der Waals surface area contributed by atoms with E-state index in [1.807, 2.05) is 62.5 Å². The molecule has 1 N–H and O–H groups in total. The molecule has 2 aromatic rings. The number of benzene rings is 2. The summed E-state index contributed by atoms with van der Waals surface area (Å²) in [4.78, 5) is 2.15. The van der Waals surface area contributed by atoms with Crippen LogP contribution in [0.3, 0.4) is 0 Å². The highest BCUT2D eigenvalue weighted by Crippen LogP contribution is 2.19. The highest BCUT2D eigenvalue weighted by atomic mass is 16.3. The third-order valence-corrected chi connectivity index (χ3v) is 3.80. The van der Waals surface area contributed by atoms with Crippen LogP contribution in [0.15, 0.2) is 66.7 Å². The topological polar surface area (TPSA) is 23.5 Å². The van der Waals surface area contributed by atoms with Crippen LogP contribution >= 0.6 is 0 Å². The summed E-state index contributed by atoms with van der Waals surface area (Å²) in [5.74, 6) is 0. The molecule has 0 aliphatic carbocycles. The van der Waals surface area contributed by atoms with Crippen molar-refractivity contribution >= 4 is 6.08 Å². The van der Waals surface area contributed by atoms with Crippen molar-refractivity contribution in [2.24, 2.45) is 0 Å². The van der Waals surface area contributed by atoms with E-state index in [0.717, 1.165) is 12.1 Å². The lowest BCUT2D eigenvalue weighted by Crippen LogP contribution is -2.34. The summed E-state index contributed by atoms with van der Waals surface area (Å²) in [6.07, 6.45) is 3.77. The molecular weight excluding hydrogens is 258 g/mol. The van der Waals surface area contributed by atoms with E-state index in [0.29, 0.717) is 0 Å². The number of hydrogen-bond acceptors (Lipinski definition) is 2. The van der Waals surface area contributed by atoms with Gasteiger partial charge in [0, 0.05) is 12.6 Å². The van der Waals surface area contributed by atoms with E-state index >= 15 is 0 Å². The lowest BCUT2D eigenvalue weighted by atomic mass is 10.0. The Balaban J connectivity index is 1.91. The van der Waals surface area contributed by atoms with E-state index in [4.69, 9.17) is 0 Å². The molecule has 110 valence electrons. The molecule has 0 amide bonds. The first-order chi connectivity index (χ1) is 10.2. The number of rotatable bonds is 6. The summed E-state index contributed by atoms with van der Waals surface area (Å²) in [6, 6.07) is 20.1. The van der Waals surface area contributed by atoms with Crippen LogP contribution in [-0.4, -0.2) is 29.6 Å². The number of aliphatic hydroxyl groups is 1. The van der Waals surface area contributed by atoms with Crippen molar-refractivity contribution in [3.05, 3.63) is 77.9 Å². The largest absolute Gasteiger partial charge is 0.387 e. The highest BCUT2D eigenvalue weighted by Gasteiger charge is 2.19. The first kappa shape index (κ1) is 15.5. The predicted octanol–water partition coefficient (Wildman–Crippen LogP) is 3.75. The summed E-state index contributed by atoms with van der Waals surface area (Å²) in [6.45, 7) is 2.86. The molecule has 0 heterocycles. The molecule has 2 nitrogen and oxygen atoms in total. The highest BCUT2D eigenvalue weighted by molar-refractivity contribution is 5.48. The van der Waals surface area contributed by atoms with Crippen molar-refractivity contribution in [2.45, 2.75) is 19.1 Å². The van der Waals surface area contributed by atoms with E-state index < -0.39 is 6.10 Å². The van der Waals surface area contributed by atoms with E-state index in [9.17, 15) is 5.11 Å². The SMILES string of the molecule is CC(C(O)c1ccccc1)N(C)CC=Cc1ccccc1. The summed E-state index contributed by atoms with van der Waals surface area (Å²) in [5, 5.41) is 10.4. The van der Waals surface area contributed by atoms with Gasteiger partial charge in [-0.15, -0.1) is 0 Å². The van der Waals surface area contributed by atoms with Crippen molar-refractivity contribution in [1.82, 2.24) is 4.90 Å². The lowest BCUT2D eigenvalue weighted by molar-refractivity contribution is 0.0787. The van der Waals surface area contributed by atoms with Gasteiger partial charge in [-0.25, -0.2) is 0 Å². The first-order valence-electron chi connectivity index (χ1n) is 7.33. The van der Waals surface area contributed by atoms with Crippen LogP contribution in [0.5, 0.6) is 0 Å². The van der Waals surface area contributed by atoms with Gasteiger partial charge in [0.15, 0.2) is 0 Å². The number of hydrogen-bond donors (Lipinski definition) is 1. The number of nitrogens with zero attached hydrogens (tertiary/aromatic N) is 1. The Labute approximate surface area is 127 Å². The van der Waals surface area contributed by atoms with Crippen LogP contribution in [-0.2, 0) is 0 Å². The van der Waals surface area contributed by atoms with Gasteiger partial charge < -0.3 is 5.11 Å². The molecule has 2 rings (SSSR count). The van der Waals surface area contributed by atoms with Gasteiger partial charge in [-0.1, -0.05) is 72.8 Å². The van der Waals surface area contributed by atoms with Crippen LogP contribution in [0.25, 0.3) is 6.08 Å². The average molecular weight is 281 g/mol. The molecule has 2 atom stereocenters. The van der Waals surface area contributed by atoms with Gasteiger partial charge in [0.05, 0.1) is 6.10 Å². The normalized spacial score (nSPS) is 14.5. The van der Waals surface area contributed by atoms with Crippen LogP contribution in [0.4, 0.5) is 0 Å². The number of aliphatic hydroxyl groups excluding tert-OH is 1. The Bertz CT molecular complexity index is 550. The van der Waals surface area contributed by atoms with E-state index in [-0.39, 0.29) is 6.04 Å². The zero-order chi connectivity index (χ0) is 15.1. The van der Waals surface area contributed by atoms with Crippen molar-refractivity contribution in [2.75, 3.05) is 13.6 Å². The molecule has 0 radical (unpaired) electrons. The molecule has 0 bridgehead atoms. The first-order valence-corrected chi connectivity index (χ1v) is 7.33. The smallest absolute Gasteiger partial charge is 0.0942 e. The van der Waals surface area contributed by atoms with Gasteiger partial charge >= 0.3 is 0 Å². The fourth-order valence-electron chi connectivity index (χ4n) is 2.26. The molecule has 0 saturated heterocycles. The summed E-state index contributed by atoms with van der Waals surface area (Å²) in [7, 11) is 2.03. The summed E-state index contributed by atoms with van der Waals surface area (Å²) in [5.41, 5.74) is 2.16. The monoisotopic (exact) mass is 281 g/mol. The van der Waals surface area contributed by atoms with Crippen LogP contribution in [0.1, 0.15) is 24.2 Å². The molecule has 2 aromatic carbocycles. The molecule has 0 saturated carbocycles. The van der Waals surface area contributed by atoms with Gasteiger partial charge in [-0.2, -0.15) is 0 Å². The van der Waals surface area contributed by atoms with Gasteiger partial charge in [0.25, 0.3) is 0 Å². The van der Waals surface area contributed by atoms with Crippen LogP contribution in [0, 0.1) is 0 Å².